The highest BCUT2D eigenvalue weighted by Gasteiger charge is 2.32. The van der Waals surface area contributed by atoms with E-state index in [0.29, 0.717) is 17.9 Å². The van der Waals surface area contributed by atoms with Gasteiger partial charge in [0.25, 0.3) is 0 Å². The third-order valence-electron chi connectivity index (χ3n) is 4.72. The number of nitrogens with zero attached hydrogens (tertiary/aromatic N) is 1. The number of ether oxygens (including phenoxy) is 1. The van der Waals surface area contributed by atoms with Crippen LogP contribution in [0.25, 0.3) is 5.57 Å². The average molecular weight is 367 g/mol. The van der Waals surface area contributed by atoms with Gasteiger partial charge in [0.2, 0.25) is 0 Å². The number of hydrogen-bond donors (Lipinski definition) is 3. The van der Waals surface area contributed by atoms with Crippen LogP contribution in [0.15, 0.2) is 48.5 Å². The Balaban J connectivity index is 2.15. The number of hydrogen-bond acceptors (Lipinski definition) is 5. The van der Waals surface area contributed by atoms with E-state index in [2.05, 4.69) is 17.0 Å². The highest BCUT2D eigenvalue weighted by Crippen LogP contribution is 2.38. The number of aliphatic carboxylic acids is 1. The first-order chi connectivity index (χ1) is 12.8. The van der Waals surface area contributed by atoms with Gasteiger partial charge in [0.05, 0.1) is 0 Å². The van der Waals surface area contributed by atoms with E-state index >= 15 is 0 Å². The average Bonchev–Trinajstić information content (AvgIpc) is 2.78. The molecule has 1 heterocycles. The standard InChI is InChI=1S/C21H25N3O3/c1-24(2)11-5-8-17-16-7-4-3-6-14(16)13-27-19-10-9-15(12-18(17)19)21(22,23)20(25)26/h3-4,6-10,12H,5,11,13,22-23H2,1-2H3,(H,25,26). The largest absolute Gasteiger partial charge is 0.488 e. The highest BCUT2D eigenvalue weighted by molar-refractivity contribution is 5.86. The molecule has 3 rings (SSSR count). The summed E-state index contributed by atoms with van der Waals surface area (Å²) >= 11 is 0. The molecule has 27 heavy (non-hydrogen) atoms. The van der Waals surface area contributed by atoms with Crippen molar-refractivity contribution in [2.75, 3.05) is 20.6 Å². The molecule has 0 aliphatic carbocycles. The summed E-state index contributed by atoms with van der Waals surface area (Å²) in [6.07, 6.45) is 3.00. The maximum absolute atomic E-state index is 11.5. The van der Waals surface area contributed by atoms with Gasteiger partial charge in [-0.1, -0.05) is 36.4 Å². The van der Waals surface area contributed by atoms with Crippen LogP contribution in [0.3, 0.4) is 0 Å². The Labute approximate surface area is 159 Å². The number of rotatable bonds is 5. The highest BCUT2D eigenvalue weighted by atomic mass is 16.5. The summed E-state index contributed by atoms with van der Waals surface area (Å²) < 4.78 is 5.98. The van der Waals surface area contributed by atoms with Crippen molar-refractivity contribution in [1.82, 2.24) is 4.90 Å². The molecular weight excluding hydrogens is 342 g/mol. The number of carboxylic acids is 1. The van der Waals surface area contributed by atoms with Crippen molar-refractivity contribution < 1.29 is 14.6 Å². The normalized spacial score (nSPS) is 15.1. The molecule has 0 unspecified atom stereocenters. The van der Waals surface area contributed by atoms with Gasteiger partial charge in [0.1, 0.15) is 12.4 Å². The van der Waals surface area contributed by atoms with E-state index in [-0.39, 0.29) is 0 Å². The number of nitrogens with two attached hydrogens (primary N) is 2. The lowest BCUT2D eigenvalue weighted by Gasteiger charge is -2.21. The fourth-order valence-electron chi connectivity index (χ4n) is 3.14. The predicted molar refractivity (Wildman–Crippen MR) is 105 cm³/mol. The lowest BCUT2D eigenvalue weighted by atomic mass is 9.90. The molecule has 2 aromatic carbocycles. The molecular formula is C21H25N3O3. The molecule has 6 heteroatoms. The van der Waals surface area contributed by atoms with Crippen LogP contribution in [-0.2, 0) is 17.1 Å². The van der Waals surface area contributed by atoms with Crippen LogP contribution in [0.2, 0.25) is 0 Å². The molecule has 1 aliphatic rings. The lowest BCUT2D eigenvalue weighted by molar-refractivity contribution is -0.143. The number of carbonyl (C=O) groups is 1. The molecule has 0 saturated heterocycles. The van der Waals surface area contributed by atoms with Crippen LogP contribution in [0.4, 0.5) is 0 Å². The zero-order valence-electron chi connectivity index (χ0n) is 15.6. The SMILES string of the molecule is CN(C)CCC=C1c2ccccc2COc2ccc(C(N)(N)C(=O)O)cc21. The van der Waals surface area contributed by atoms with E-state index in [9.17, 15) is 9.90 Å². The summed E-state index contributed by atoms with van der Waals surface area (Å²) in [5.74, 6) is -0.595. The van der Waals surface area contributed by atoms with E-state index in [1.807, 2.05) is 32.3 Å². The summed E-state index contributed by atoms with van der Waals surface area (Å²) in [6, 6.07) is 13.1. The monoisotopic (exact) mass is 367 g/mol. The molecule has 1 aliphatic heterocycles. The molecule has 2 aromatic rings. The minimum atomic E-state index is -1.96. The van der Waals surface area contributed by atoms with E-state index < -0.39 is 11.6 Å². The molecule has 6 nitrogen and oxygen atoms in total. The van der Waals surface area contributed by atoms with Crippen LogP contribution in [0.5, 0.6) is 5.75 Å². The second-order valence-corrected chi connectivity index (χ2v) is 7.04. The van der Waals surface area contributed by atoms with Gasteiger partial charge in [-0.05, 0) is 54.9 Å². The molecule has 142 valence electrons. The van der Waals surface area contributed by atoms with Gasteiger partial charge < -0.3 is 26.2 Å². The predicted octanol–water partition coefficient (Wildman–Crippen LogP) is 2.12. The minimum absolute atomic E-state index is 0.329. The summed E-state index contributed by atoms with van der Waals surface area (Å²) in [4.78, 5) is 13.6. The second-order valence-electron chi connectivity index (χ2n) is 7.04. The summed E-state index contributed by atoms with van der Waals surface area (Å²) in [6.45, 7) is 1.34. The molecule has 0 bridgehead atoms. The van der Waals surface area contributed by atoms with Crippen LogP contribution < -0.4 is 16.2 Å². The quantitative estimate of drug-likeness (QED) is 0.700. The van der Waals surface area contributed by atoms with Gasteiger partial charge >= 0.3 is 5.97 Å². The third kappa shape index (κ3) is 3.88. The maximum Gasteiger partial charge on any atom is 0.343 e. The minimum Gasteiger partial charge on any atom is -0.488 e. The first kappa shape index (κ1) is 19.1. The summed E-state index contributed by atoms with van der Waals surface area (Å²) in [5, 5.41) is 9.38. The Kier molecular flexibility index (Phi) is 5.32. The van der Waals surface area contributed by atoms with Crippen LogP contribution in [0, 0.1) is 0 Å². The molecule has 0 aromatic heterocycles. The first-order valence-electron chi connectivity index (χ1n) is 8.82. The van der Waals surface area contributed by atoms with Gasteiger partial charge in [-0.25, -0.2) is 4.79 Å². The Morgan fingerprint density at radius 3 is 2.67 bits per heavy atom. The van der Waals surface area contributed by atoms with Gasteiger partial charge in [-0.3, -0.25) is 0 Å². The molecule has 0 fully saturated rings. The topological polar surface area (TPSA) is 102 Å². The molecule has 0 radical (unpaired) electrons. The fraction of sp³-hybridized carbons (Fsp3) is 0.286. The van der Waals surface area contributed by atoms with Crippen LogP contribution in [-0.4, -0.2) is 36.6 Å². The van der Waals surface area contributed by atoms with Crippen molar-refractivity contribution >= 4 is 11.5 Å². The summed E-state index contributed by atoms with van der Waals surface area (Å²) in [7, 11) is 4.05. The first-order valence-corrected chi connectivity index (χ1v) is 8.82. The van der Waals surface area contributed by atoms with Crippen molar-refractivity contribution in [3.63, 3.8) is 0 Å². The van der Waals surface area contributed by atoms with E-state index in [4.69, 9.17) is 16.2 Å². The zero-order valence-corrected chi connectivity index (χ0v) is 15.6. The van der Waals surface area contributed by atoms with E-state index in [0.717, 1.165) is 35.2 Å². The van der Waals surface area contributed by atoms with Crippen molar-refractivity contribution in [2.45, 2.75) is 18.7 Å². The van der Waals surface area contributed by atoms with Crippen molar-refractivity contribution in [2.24, 2.45) is 11.5 Å². The van der Waals surface area contributed by atoms with Crippen LogP contribution >= 0.6 is 0 Å². The fourth-order valence-corrected chi connectivity index (χ4v) is 3.14. The van der Waals surface area contributed by atoms with Gasteiger partial charge in [0, 0.05) is 12.1 Å². The Bertz CT molecular complexity index is 888. The van der Waals surface area contributed by atoms with E-state index in [1.54, 1.807) is 18.2 Å². The molecule has 0 saturated carbocycles. The molecule has 5 N–H and O–H groups in total. The number of carboxylic acid groups (broad SMARTS) is 1. The van der Waals surface area contributed by atoms with E-state index in [1.165, 1.54) is 0 Å². The molecule has 0 spiro atoms. The smallest absolute Gasteiger partial charge is 0.343 e. The molecule has 0 amide bonds. The maximum atomic E-state index is 11.5. The van der Waals surface area contributed by atoms with Gasteiger partial charge in [-0.2, -0.15) is 0 Å². The van der Waals surface area contributed by atoms with Crippen LogP contribution in [0.1, 0.15) is 28.7 Å². The lowest BCUT2D eigenvalue weighted by Crippen LogP contribution is -2.53. The Morgan fingerprint density at radius 2 is 1.96 bits per heavy atom. The van der Waals surface area contributed by atoms with Crippen molar-refractivity contribution in [3.8, 4) is 5.75 Å². The van der Waals surface area contributed by atoms with Crippen molar-refractivity contribution in [1.29, 1.82) is 0 Å². The summed E-state index contributed by atoms with van der Waals surface area (Å²) in [5.41, 5.74) is 14.0. The Hall–Kier alpha value is -2.67. The van der Waals surface area contributed by atoms with Crippen molar-refractivity contribution in [3.05, 3.63) is 70.8 Å². The van der Waals surface area contributed by atoms with Gasteiger partial charge in [0.15, 0.2) is 5.66 Å². The molecule has 0 atom stereocenters. The Morgan fingerprint density at radius 1 is 1.22 bits per heavy atom. The third-order valence-corrected chi connectivity index (χ3v) is 4.72. The second kappa shape index (κ2) is 7.52. The zero-order chi connectivity index (χ0) is 19.6. The van der Waals surface area contributed by atoms with Gasteiger partial charge in [-0.15, -0.1) is 0 Å². The number of benzene rings is 2. The number of fused-ring (bicyclic) bond motifs is 2.